The lowest BCUT2D eigenvalue weighted by Gasteiger charge is -2.04. The highest BCUT2D eigenvalue weighted by atomic mass is 19.2. The summed E-state index contributed by atoms with van der Waals surface area (Å²) < 4.78 is 30.6. The maximum Gasteiger partial charge on any atom is 0.379 e. The molecule has 1 aromatic carbocycles. The topological polar surface area (TPSA) is 43.4 Å². The fourth-order valence-corrected chi connectivity index (χ4v) is 1.20. The summed E-state index contributed by atoms with van der Waals surface area (Å²) in [6, 6.07) is 2.05. The predicted molar refractivity (Wildman–Crippen MR) is 52.1 cm³/mol. The molecule has 0 radical (unpaired) electrons. The first kappa shape index (κ1) is 12.3. The number of benzene rings is 1. The van der Waals surface area contributed by atoms with Crippen LogP contribution < -0.4 is 0 Å². The van der Waals surface area contributed by atoms with Gasteiger partial charge in [-0.15, -0.1) is 0 Å². The Hall–Kier alpha value is -1.78. The summed E-state index contributed by atoms with van der Waals surface area (Å²) in [5.41, 5.74) is -0.248. The molecule has 0 aliphatic rings. The number of hydrogen-bond donors (Lipinski definition) is 0. The minimum Gasteiger partial charge on any atom is -0.460 e. The number of carbonyl (C=O) groups excluding carboxylic acids is 2. The number of ether oxygens (including phenoxy) is 1. The molecule has 3 nitrogen and oxygen atoms in total. The smallest absolute Gasteiger partial charge is 0.379 e. The van der Waals surface area contributed by atoms with Crippen molar-refractivity contribution in [2.24, 2.45) is 0 Å². The summed E-state index contributed by atoms with van der Waals surface area (Å²) in [5.74, 6) is -4.86. The molecule has 0 saturated heterocycles. The van der Waals surface area contributed by atoms with Crippen LogP contribution in [-0.2, 0) is 9.53 Å². The molecule has 0 N–H and O–H groups in total. The number of carbonyl (C=O) groups is 2. The third-order valence-corrected chi connectivity index (χ3v) is 1.88. The Morgan fingerprint density at radius 2 is 1.94 bits per heavy atom. The zero-order valence-electron chi connectivity index (χ0n) is 8.84. The van der Waals surface area contributed by atoms with Gasteiger partial charge in [0.25, 0.3) is 5.78 Å². The summed E-state index contributed by atoms with van der Waals surface area (Å²) in [6.07, 6.45) is 0. The van der Waals surface area contributed by atoms with Crippen LogP contribution in [-0.4, -0.2) is 18.4 Å². The number of hydrogen-bond acceptors (Lipinski definition) is 3. The Balaban J connectivity index is 3.13. The van der Waals surface area contributed by atoms with Crippen LogP contribution in [0.5, 0.6) is 0 Å². The van der Waals surface area contributed by atoms with E-state index in [0.29, 0.717) is 5.56 Å². The van der Waals surface area contributed by atoms with Crippen molar-refractivity contribution < 1.29 is 23.1 Å². The lowest BCUT2D eigenvalue weighted by atomic mass is 10.1. The maximum absolute atomic E-state index is 13.2. The molecule has 0 bridgehead atoms. The van der Waals surface area contributed by atoms with E-state index in [1.165, 1.54) is 13.8 Å². The van der Waals surface area contributed by atoms with E-state index < -0.39 is 29.0 Å². The van der Waals surface area contributed by atoms with E-state index >= 15 is 0 Å². The van der Waals surface area contributed by atoms with E-state index in [2.05, 4.69) is 4.74 Å². The van der Waals surface area contributed by atoms with Gasteiger partial charge in [-0.25, -0.2) is 13.6 Å². The fraction of sp³-hybridized carbons (Fsp3) is 0.273. The van der Waals surface area contributed by atoms with Crippen LogP contribution in [0.25, 0.3) is 0 Å². The highest BCUT2D eigenvalue weighted by molar-refractivity contribution is 6.40. The molecule has 0 aliphatic carbocycles. The second-order valence-corrected chi connectivity index (χ2v) is 3.16. The third kappa shape index (κ3) is 2.42. The quantitative estimate of drug-likeness (QED) is 0.451. The fourth-order valence-electron chi connectivity index (χ4n) is 1.20. The minimum atomic E-state index is -1.33. The largest absolute Gasteiger partial charge is 0.460 e. The van der Waals surface area contributed by atoms with Gasteiger partial charge in [-0.3, -0.25) is 4.79 Å². The normalized spacial score (nSPS) is 10.0. The van der Waals surface area contributed by atoms with Gasteiger partial charge in [0.1, 0.15) is 0 Å². The highest BCUT2D eigenvalue weighted by Crippen LogP contribution is 2.15. The van der Waals surface area contributed by atoms with Crippen molar-refractivity contribution >= 4 is 11.8 Å². The summed E-state index contributed by atoms with van der Waals surface area (Å²) >= 11 is 0. The summed E-state index contributed by atoms with van der Waals surface area (Å²) in [7, 11) is 0. The van der Waals surface area contributed by atoms with Crippen LogP contribution in [0.2, 0.25) is 0 Å². The van der Waals surface area contributed by atoms with E-state index in [-0.39, 0.29) is 6.61 Å². The second kappa shape index (κ2) is 4.83. The second-order valence-electron chi connectivity index (χ2n) is 3.16. The Bertz CT molecular complexity index is 441. The molecule has 86 valence electrons. The molecule has 0 fully saturated rings. The van der Waals surface area contributed by atoms with Gasteiger partial charge in [-0.05, 0) is 31.5 Å². The van der Waals surface area contributed by atoms with E-state index in [9.17, 15) is 18.4 Å². The van der Waals surface area contributed by atoms with Crippen molar-refractivity contribution in [3.05, 3.63) is 34.9 Å². The molecule has 0 saturated carbocycles. The van der Waals surface area contributed by atoms with Crippen molar-refractivity contribution in [1.82, 2.24) is 0 Å². The molecular formula is C11H10F2O3. The predicted octanol–water partition coefficient (Wildman–Crippen LogP) is 2.02. The standard InChI is InChI=1S/C11H10F2O3/c1-3-16-11(15)10(14)7-4-6(2)5-8(12)9(7)13/h4-5H,3H2,1-2H3. The molecule has 0 spiro atoms. The molecular weight excluding hydrogens is 218 g/mol. The summed E-state index contributed by atoms with van der Waals surface area (Å²) in [6.45, 7) is 3.00. The van der Waals surface area contributed by atoms with Crippen LogP contribution in [0, 0.1) is 18.6 Å². The Kier molecular flexibility index (Phi) is 3.71. The van der Waals surface area contributed by atoms with Gasteiger partial charge < -0.3 is 4.74 Å². The number of rotatable bonds is 3. The number of Topliss-reactive ketones (excluding diaryl/α,β-unsaturated/α-hetero) is 1. The Morgan fingerprint density at radius 3 is 2.50 bits per heavy atom. The van der Waals surface area contributed by atoms with Gasteiger partial charge >= 0.3 is 5.97 Å². The average molecular weight is 228 g/mol. The van der Waals surface area contributed by atoms with Gasteiger partial charge in [-0.1, -0.05) is 0 Å². The third-order valence-electron chi connectivity index (χ3n) is 1.88. The van der Waals surface area contributed by atoms with E-state index in [0.717, 1.165) is 12.1 Å². The van der Waals surface area contributed by atoms with Crippen molar-refractivity contribution in [3.63, 3.8) is 0 Å². The molecule has 0 atom stereocenters. The van der Waals surface area contributed by atoms with Gasteiger partial charge in [0.05, 0.1) is 12.2 Å². The van der Waals surface area contributed by atoms with Crippen LogP contribution in [0.1, 0.15) is 22.8 Å². The minimum absolute atomic E-state index is 0.000486. The van der Waals surface area contributed by atoms with Crippen LogP contribution in [0.15, 0.2) is 12.1 Å². The first-order valence-corrected chi connectivity index (χ1v) is 4.64. The van der Waals surface area contributed by atoms with Crippen LogP contribution >= 0.6 is 0 Å². The molecule has 0 heterocycles. The number of halogens is 2. The molecule has 0 amide bonds. The lowest BCUT2D eigenvalue weighted by Crippen LogP contribution is -2.19. The zero-order valence-corrected chi connectivity index (χ0v) is 8.84. The molecule has 0 aliphatic heterocycles. The lowest BCUT2D eigenvalue weighted by molar-refractivity contribution is -0.137. The zero-order chi connectivity index (χ0) is 12.3. The Labute approximate surface area is 91.0 Å². The molecule has 0 unspecified atom stereocenters. The van der Waals surface area contributed by atoms with Crippen LogP contribution in [0.3, 0.4) is 0 Å². The van der Waals surface area contributed by atoms with Gasteiger partial charge in [-0.2, -0.15) is 0 Å². The van der Waals surface area contributed by atoms with Crippen molar-refractivity contribution in [1.29, 1.82) is 0 Å². The number of aryl methyl sites for hydroxylation is 1. The SMILES string of the molecule is CCOC(=O)C(=O)c1cc(C)cc(F)c1F. The maximum atomic E-state index is 13.2. The van der Waals surface area contributed by atoms with Crippen molar-refractivity contribution in [2.45, 2.75) is 13.8 Å². The first-order chi connectivity index (χ1) is 7.47. The Morgan fingerprint density at radius 1 is 1.31 bits per heavy atom. The number of esters is 1. The monoisotopic (exact) mass is 228 g/mol. The van der Waals surface area contributed by atoms with Gasteiger partial charge in [0, 0.05) is 0 Å². The summed E-state index contributed by atoms with van der Waals surface area (Å²) in [5, 5.41) is 0. The first-order valence-electron chi connectivity index (χ1n) is 4.64. The van der Waals surface area contributed by atoms with Gasteiger partial charge in [0.15, 0.2) is 11.6 Å². The number of ketones is 1. The van der Waals surface area contributed by atoms with E-state index in [4.69, 9.17) is 0 Å². The van der Waals surface area contributed by atoms with E-state index in [1.54, 1.807) is 0 Å². The molecule has 1 aromatic rings. The summed E-state index contributed by atoms with van der Waals surface area (Å²) in [4.78, 5) is 22.4. The highest BCUT2D eigenvalue weighted by Gasteiger charge is 2.23. The molecule has 5 heteroatoms. The van der Waals surface area contributed by atoms with Crippen molar-refractivity contribution in [3.8, 4) is 0 Å². The van der Waals surface area contributed by atoms with Crippen LogP contribution in [0.4, 0.5) is 8.78 Å². The van der Waals surface area contributed by atoms with Crippen molar-refractivity contribution in [2.75, 3.05) is 6.61 Å². The average Bonchev–Trinajstić information content (AvgIpc) is 2.22. The molecule has 1 rings (SSSR count). The molecule has 16 heavy (non-hydrogen) atoms. The van der Waals surface area contributed by atoms with E-state index in [1.807, 2.05) is 0 Å². The van der Waals surface area contributed by atoms with Gasteiger partial charge in [0.2, 0.25) is 0 Å². The molecule has 0 aromatic heterocycles.